The summed E-state index contributed by atoms with van der Waals surface area (Å²) < 4.78 is 0.0880. The number of urea groups is 1. The Balaban J connectivity index is 2.78. The van der Waals surface area contributed by atoms with Crippen molar-refractivity contribution in [1.82, 2.24) is 10.2 Å². The maximum absolute atomic E-state index is 11.9. The lowest BCUT2D eigenvalue weighted by atomic mass is 10.1. The van der Waals surface area contributed by atoms with Crippen LogP contribution in [0.15, 0.2) is 28.8 Å². The van der Waals surface area contributed by atoms with Crippen molar-refractivity contribution < 1.29 is 9.59 Å². The standard InChI is InChI=1S/C14H17Cl2N3O2/c1-9-4-5-10(13(20)19(2)3)8-11(9)18-14(21)17-7-6-12(15)16/h4-6,8H,7H2,1-3H3,(H2,17,18,21). The molecule has 0 radical (unpaired) electrons. The minimum absolute atomic E-state index is 0.0880. The lowest BCUT2D eigenvalue weighted by molar-refractivity contribution is 0.0827. The fourth-order valence-corrected chi connectivity index (χ4v) is 1.69. The summed E-state index contributed by atoms with van der Waals surface area (Å²) in [7, 11) is 3.34. The van der Waals surface area contributed by atoms with E-state index in [9.17, 15) is 9.59 Å². The van der Waals surface area contributed by atoms with Gasteiger partial charge in [-0.3, -0.25) is 4.79 Å². The number of carbonyl (C=O) groups excluding carboxylic acids is 2. The van der Waals surface area contributed by atoms with Crippen molar-refractivity contribution in [2.24, 2.45) is 0 Å². The first-order valence-electron chi connectivity index (χ1n) is 6.19. The van der Waals surface area contributed by atoms with E-state index in [1.807, 2.05) is 6.92 Å². The molecule has 1 rings (SSSR count). The molecule has 0 heterocycles. The van der Waals surface area contributed by atoms with E-state index in [0.29, 0.717) is 11.3 Å². The second kappa shape index (κ2) is 7.90. The van der Waals surface area contributed by atoms with Gasteiger partial charge in [0.25, 0.3) is 5.91 Å². The number of benzene rings is 1. The van der Waals surface area contributed by atoms with Crippen LogP contribution in [0, 0.1) is 6.92 Å². The third-order valence-electron chi connectivity index (χ3n) is 2.66. The number of nitrogens with zero attached hydrogens (tertiary/aromatic N) is 1. The van der Waals surface area contributed by atoms with Gasteiger partial charge in [-0.05, 0) is 30.7 Å². The molecule has 7 heteroatoms. The predicted molar refractivity (Wildman–Crippen MR) is 86.0 cm³/mol. The Morgan fingerprint density at radius 3 is 2.52 bits per heavy atom. The van der Waals surface area contributed by atoms with Gasteiger partial charge in [0.15, 0.2) is 0 Å². The molecule has 2 N–H and O–H groups in total. The summed E-state index contributed by atoms with van der Waals surface area (Å²) in [6.07, 6.45) is 1.46. The van der Waals surface area contributed by atoms with Crippen LogP contribution in [-0.4, -0.2) is 37.5 Å². The van der Waals surface area contributed by atoms with Crippen LogP contribution >= 0.6 is 23.2 Å². The summed E-state index contributed by atoms with van der Waals surface area (Å²) in [5.41, 5.74) is 1.93. The summed E-state index contributed by atoms with van der Waals surface area (Å²) in [5.74, 6) is -0.129. The smallest absolute Gasteiger partial charge is 0.319 e. The number of amides is 3. The van der Waals surface area contributed by atoms with Crippen LogP contribution in [0.5, 0.6) is 0 Å². The quantitative estimate of drug-likeness (QED) is 0.891. The van der Waals surface area contributed by atoms with Crippen LogP contribution in [-0.2, 0) is 0 Å². The van der Waals surface area contributed by atoms with E-state index in [1.165, 1.54) is 11.0 Å². The van der Waals surface area contributed by atoms with E-state index < -0.39 is 6.03 Å². The van der Waals surface area contributed by atoms with Crippen molar-refractivity contribution in [1.29, 1.82) is 0 Å². The molecule has 0 saturated heterocycles. The minimum Gasteiger partial charge on any atom is -0.345 e. The molecule has 0 spiro atoms. The van der Waals surface area contributed by atoms with Gasteiger partial charge in [-0.15, -0.1) is 0 Å². The molecular formula is C14H17Cl2N3O2. The number of hydrogen-bond donors (Lipinski definition) is 2. The summed E-state index contributed by atoms with van der Waals surface area (Å²) in [6.45, 7) is 2.05. The van der Waals surface area contributed by atoms with E-state index in [-0.39, 0.29) is 16.9 Å². The van der Waals surface area contributed by atoms with Gasteiger partial charge in [-0.25, -0.2) is 4.79 Å². The van der Waals surface area contributed by atoms with Gasteiger partial charge < -0.3 is 15.5 Å². The summed E-state index contributed by atoms with van der Waals surface area (Å²) in [6, 6.07) is 4.73. The maximum Gasteiger partial charge on any atom is 0.319 e. The highest BCUT2D eigenvalue weighted by Gasteiger charge is 2.11. The lowest BCUT2D eigenvalue weighted by Crippen LogP contribution is -2.29. The highest BCUT2D eigenvalue weighted by molar-refractivity contribution is 6.55. The van der Waals surface area contributed by atoms with Gasteiger partial charge in [0.05, 0.1) is 0 Å². The molecule has 0 aliphatic carbocycles. The van der Waals surface area contributed by atoms with Crippen molar-refractivity contribution >= 4 is 40.8 Å². The Morgan fingerprint density at radius 1 is 1.29 bits per heavy atom. The number of aryl methyl sites for hydroxylation is 1. The van der Waals surface area contributed by atoms with Crippen molar-refractivity contribution in [3.05, 3.63) is 39.9 Å². The fourth-order valence-electron chi connectivity index (χ4n) is 1.54. The molecule has 0 atom stereocenters. The number of hydrogen-bond acceptors (Lipinski definition) is 2. The molecule has 0 unspecified atom stereocenters. The van der Waals surface area contributed by atoms with Gasteiger partial charge >= 0.3 is 6.03 Å². The molecule has 0 saturated carbocycles. The van der Waals surface area contributed by atoms with Gasteiger partial charge in [-0.2, -0.15) is 0 Å². The molecule has 1 aromatic rings. The Kier molecular flexibility index (Phi) is 6.52. The zero-order chi connectivity index (χ0) is 16.0. The van der Waals surface area contributed by atoms with Gasteiger partial charge in [0.2, 0.25) is 0 Å². The molecule has 114 valence electrons. The maximum atomic E-state index is 11.9. The number of nitrogens with one attached hydrogen (secondary N) is 2. The van der Waals surface area contributed by atoms with Crippen LogP contribution in [0.4, 0.5) is 10.5 Å². The number of anilines is 1. The number of rotatable bonds is 4. The Labute approximate surface area is 133 Å². The monoisotopic (exact) mass is 329 g/mol. The van der Waals surface area contributed by atoms with E-state index in [2.05, 4.69) is 10.6 Å². The second-order valence-electron chi connectivity index (χ2n) is 4.56. The molecule has 0 aromatic heterocycles. The molecule has 0 aliphatic rings. The molecule has 0 aliphatic heterocycles. The van der Waals surface area contributed by atoms with E-state index in [1.54, 1.807) is 32.3 Å². The van der Waals surface area contributed by atoms with Gasteiger partial charge in [0, 0.05) is 31.9 Å². The highest BCUT2D eigenvalue weighted by Crippen LogP contribution is 2.17. The van der Waals surface area contributed by atoms with Crippen LogP contribution in [0.25, 0.3) is 0 Å². The van der Waals surface area contributed by atoms with Crippen LogP contribution in [0.1, 0.15) is 15.9 Å². The highest BCUT2D eigenvalue weighted by atomic mass is 35.5. The Bertz CT molecular complexity index is 567. The molecule has 1 aromatic carbocycles. The summed E-state index contributed by atoms with van der Waals surface area (Å²) >= 11 is 10.9. The third kappa shape index (κ3) is 5.65. The summed E-state index contributed by atoms with van der Waals surface area (Å²) in [5, 5.41) is 5.25. The first kappa shape index (κ1) is 17.3. The average molecular weight is 330 g/mol. The molecule has 5 nitrogen and oxygen atoms in total. The normalized spacial score (nSPS) is 9.76. The Hall–Kier alpha value is -1.72. The predicted octanol–water partition coefficient (Wildman–Crippen LogP) is 3.14. The fraction of sp³-hybridized carbons (Fsp3) is 0.286. The second-order valence-corrected chi connectivity index (χ2v) is 5.57. The number of carbonyl (C=O) groups is 2. The van der Waals surface area contributed by atoms with Crippen LogP contribution < -0.4 is 10.6 Å². The molecular weight excluding hydrogens is 313 g/mol. The molecule has 3 amide bonds. The van der Waals surface area contributed by atoms with Crippen molar-refractivity contribution in [2.75, 3.05) is 26.0 Å². The number of halogens is 2. The summed E-state index contributed by atoms with van der Waals surface area (Å²) in [4.78, 5) is 25.1. The zero-order valence-electron chi connectivity index (χ0n) is 12.0. The van der Waals surface area contributed by atoms with Crippen molar-refractivity contribution in [3.8, 4) is 0 Å². The lowest BCUT2D eigenvalue weighted by Gasteiger charge is -2.13. The van der Waals surface area contributed by atoms with Crippen molar-refractivity contribution in [2.45, 2.75) is 6.92 Å². The first-order valence-corrected chi connectivity index (χ1v) is 6.95. The van der Waals surface area contributed by atoms with Crippen LogP contribution in [0.3, 0.4) is 0 Å². The third-order valence-corrected chi connectivity index (χ3v) is 2.97. The van der Waals surface area contributed by atoms with Crippen molar-refractivity contribution in [3.63, 3.8) is 0 Å². The Morgan fingerprint density at radius 2 is 1.95 bits per heavy atom. The first-order chi connectivity index (χ1) is 9.81. The SMILES string of the molecule is Cc1ccc(C(=O)N(C)C)cc1NC(=O)NCC=C(Cl)Cl. The van der Waals surface area contributed by atoms with Gasteiger partial charge in [0.1, 0.15) is 4.49 Å². The van der Waals surface area contributed by atoms with E-state index >= 15 is 0 Å². The van der Waals surface area contributed by atoms with E-state index in [0.717, 1.165) is 5.56 Å². The molecule has 0 bridgehead atoms. The zero-order valence-corrected chi connectivity index (χ0v) is 13.5. The average Bonchev–Trinajstić information content (AvgIpc) is 2.39. The topological polar surface area (TPSA) is 61.4 Å². The van der Waals surface area contributed by atoms with E-state index in [4.69, 9.17) is 23.2 Å². The van der Waals surface area contributed by atoms with Crippen LogP contribution in [0.2, 0.25) is 0 Å². The molecule has 21 heavy (non-hydrogen) atoms. The molecule has 0 fully saturated rings. The largest absolute Gasteiger partial charge is 0.345 e. The minimum atomic E-state index is -0.404. The van der Waals surface area contributed by atoms with Gasteiger partial charge in [-0.1, -0.05) is 29.3 Å².